The molecule has 0 saturated heterocycles. The minimum atomic E-state index is -3.48. The average molecular weight is 385 g/mol. The second-order valence-electron chi connectivity index (χ2n) is 5.06. The fourth-order valence-corrected chi connectivity index (χ4v) is 4.31. The molecule has 0 spiro atoms. The van der Waals surface area contributed by atoms with E-state index in [1.807, 2.05) is 12.1 Å². The first kappa shape index (κ1) is 19.7. The van der Waals surface area contributed by atoms with Crippen LogP contribution in [0.25, 0.3) is 0 Å². The Balaban J connectivity index is 2.41. The first-order valence-corrected chi connectivity index (χ1v) is 9.92. The van der Waals surface area contributed by atoms with Gasteiger partial charge in [0.2, 0.25) is 0 Å². The normalized spacial score (nSPS) is 12.6. The molecule has 0 saturated carbocycles. The summed E-state index contributed by atoms with van der Waals surface area (Å²) in [6.45, 7) is 4.08. The zero-order valence-corrected chi connectivity index (χ0v) is 16.1. The first-order valence-electron chi connectivity index (χ1n) is 7.93. The molecule has 0 aliphatic heterocycles. The van der Waals surface area contributed by atoms with Crippen LogP contribution in [0.2, 0.25) is 5.02 Å². The summed E-state index contributed by atoms with van der Waals surface area (Å²) in [7, 11) is -1.89. The lowest BCUT2D eigenvalue weighted by Crippen LogP contribution is -2.16. The van der Waals surface area contributed by atoms with Gasteiger partial charge in [-0.2, -0.15) is 0 Å². The molecule has 0 aliphatic rings. The average Bonchev–Trinajstić information content (AvgIpc) is 2.62. The summed E-state index contributed by atoms with van der Waals surface area (Å²) in [5.41, 5.74) is 0.739. The van der Waals surface area contributed by atoms with E-state index >= 15 is 0 Å². The van der Waals surface area contributed by atoms with Gasteiger partial charge in [0.15, 0.2) is 5.78 Å². The highest BCUT2D eigenvalue weighted by molar-refractivity contribution is 7.54. The largest absolute Gasteiger partial charge is 0.497 e. The number of hydrogen-bond acceptors (Lipinski definition) is 6. The number of nitrogens with one attached hydrogen (secondary N) is 1. The van der Waals surface area contributed by atoms with Gasteiger partial charge in [0, 0.05) is 6.20 Å². The van der Waals surface area contributed by atoms with Gasteiger partial charge in [-0.1, -0.05) is 23.7 Å². The third-order valence-corrected chi connectivity index (χ3v) is 5.90. The van der Waals surface area contributed by atoms with E-state index in [4.69, 9.17) is 25.4 Å². The molecule has 2 rings (SSSR count). The molecule has 0 amide bonds. The third-order valence-electron chi connectivity index (χ3n) is 3.38. The summed E-state index contributed by atoms with van der Waals surface area (Å²) in [4.78, 5) is 4.21. The lowest BCUT2D eigenvalue weighted by atomic mass is 10.2. The highest BCUT2D eigenvalue weighted by Crippen LogP contribution is 2.60. The number of halogens is 1. The molecular weight excluding hydrogens is 363 g/mol. The predicted molar refractivity (Wildman–Crippen MR) is 99.5 cm³/mol. The van der Waals surface area contributed by atoms with E-state index < -0.39 is 13.4 Å². The number of methoxy groups -OCH3 is 1. The maximum absolute atomic E-state index is 13.3. The van der Waals surface area contributed by atoms with Crippen molar-refractivity contribution in [2.24, 2.45) is 0 Å². The minimum Gasteiger partial charge on any atom is -0.497 e. The van der Waals surface area contributed by atoms with Crippen LogP contribution < -0.4 is 10.1 Å². The number of rotatable bonds is 9. The van der Waals surface area contributed by atoms with Crippen LogP contribution in [0.4, 0.5) is 5.82 Å². The molecule has 6 nitrogen and oxygen atoms in total. The van der Waals surface area contributed by atoms with Crippen molar-refractivity contribution in [3.63, 3.8) is 0 Å². The summed E-state index contributed by atoms with van der Waals surface area (Å²) < 4.78 is 29.6. The topological polar surface area (TPSA) is 69.7 Å². The van der Waals surface area contributed by atoms with Gasteiger partial charge in [-0.25, -0.2) is 4.98 Å². The van der Waals surface area contributed by atoms with Gasteiger partial charge in [-0.3, -0.25) is 4.57 Å². The standard InChI is InChI=1S/C17H22ClN2O4P/c1-4-23-25(21,24-5-2)17(13-6-9-15(22-3)10-7-13)20-16-11-8-14(18)12-19-16/h6-12,17H,4-5H2,1-3H3,(H,19,20). The second kappa shape index (κ2) is 9.20. The van der Waals surface area contributed by atoms with Crippen LogP contribution in [0.1, 0.15) is 25.2 Å². The Kier molecular flexibility index (Phi) is 7.26. The van der Waals surface area contributed by atoms with Crippen LogP contribution in [0.3, 0.4) is 0 Å². The zero-order valence-electron chi connectivity index (χ0n) is 14.4. The van der Waals surface area contributed by atoms with Gasteiger partial charge in [0.05, 0.1) is 25.3 Å². The van der Waals surface area contributed by atoms with Crippen LogP contribution in [0, 0.1) is 0 Å². The van der Waals surface area contributed by atoms with E-state index in [-0.39, 0.29) is 13.2 Å². The lowest BCUT2D eigenvalue weighted by molar-refractivity contribution is 0.214. The van der Waals surface area contributed by atoms with E-state index in [1.165, 1.54) is 6.20 Å². The molecule has 1 N–H and O–H groups in total. The van der Waals surface area contributed by atoms with Crippen LogP contribution in [0.15, 0.2) is 42.6 Å². The molecule has 8 heteroatoms. The summed E-state index contributed by atoms with van der Waals surface area (Å²) in [5, 5.41) is 3.66. The Bertz CT molecular complexity index is 700. The number of anilines is 1. The Morgan fingerprint density at radius 1 is 1.12 bits per heavy atom. The summed E-state index contributed by atoms with van der Waals surface area (Å²) in [5.74, 6) is 0.506. The van der Waals surface area contributed by atoms with Crippen molar-refractivity contribution < 1.29 is 18.3 Å². The molecule has 25 heavy (non-hydrogen) atoms. The molecule has 136 valence electrons. The monoisotopic (exact) mass is 384 g/mol. The predicted octanol–water partition coefficient (Wildman–Crippen LogP) is 5.12. The Morgan fingerprint density at radius 3 is 2.24 bits per heavy atom. The summed E-state index contributed by atoms with van der Waals surface area (Å²) in [6.07, 6.45) is 1.52. The number of nitrogens with zero attached hydrogens (tertiary/aromatic N) is 1. The van der Waals surface area contributed by atoms with Crippen molar-refractivity contribution in [2.45, 2.75) is 19.6 Å². The fourth-order valence-electron chi connectivity index (χ4n) is 2.28. The Labute approximate surface area is 153 Å². The van der Waals surface area contributed by atoms with Gasteiger partial charge in [-0.05, 0) is 43.7 Å². The number of hydrogen-bond donors (Lipinski definition) is 1. The molecule has 1 aromatic carbocycles. The van der Waals surface area contributed by atoms with Crippen LogP contribution >= 0.6 is 19.2 Å². The van der Waals surface area contributed by atoms with Gasteiger partial charge < -0.3 is 19.1 Å². The van der Waals surface area contributed by atoms with E-state index in [9.17, 15) is 4.57 Å². The lowest BCUT2D eigenvalue weighted by Gasteiger charge is -2.28. The van der Waals surface area contributed by atoms with E-state index in [0.29, 0.717) is 16.6 Å². The number of pyridine rings is 1. The van der Waals surface area contributed by atoms with Crippen molar-refractivity contribution >= 4 is 25.0 Å². The summed E-state index contributed by atoms with van der Waals surface area (Å²) in [6, 6.07) is 10.6. The van der Waals surface area contributed by atoms with Gasteiger partial charge in [0.1, 0.15) is 11.6 Å². The summed E-state index contributed by atoms with van der Waals surface area (Å²) >= 11 is 5.88. The zero-order chi connectivity index (χ0) is 18.3. The maximum Gasteiger partial charge on any atom is 0.357 e. The Hall–Kier alpha value is -1.59. The van der Waals surface area contributed by atoms with Crippen molar-refractivity contribution in [1.29, 1.82) is 0 Å². The second-order valence-corrected chi connectivity index (χ2v) is 7.61. The first-order chi connectivity index (χ1) is 12.0. The number of benzene rings is 1. The van der Waals surface area contributed by atoms with Crippen LogP contribution in [-0.2, 0) is 13.6 Å². The van der Waals surface area contributed by atoms with Crippen molar-refractivity contribution in [2.75, 3.05) is 25.6 Å². The van der Waals surface area contributed by atoms with Gasteiger partial charge in [0.25, 0.3) is 0 Å². The van der Waals surface area contributed by atoms with Crippen LogP contribution in [0.5, 0.6) is 5.75 Å². The smallest absolute Gasteiger partial charge is 0.357 e. The van der Waals surface area contributed by atoms with Gasteiger partial charge >= 0.3 is 7.60 Å². The molecular formula is C17H22ClN2O4P. The molecule has 1 atom stereocenters. The SMILES string of the molecule is CCOP(=O)(OCC)C(Nc1ccc(Cl)cn1)c1ccc(OC)cc1. The van der Waals surface area contributed by atoms with Crippen molar-refractivity contribution in [3.8, 4) is 5.75 Å². The van der Waals surface area contributed by atoms with E-state index in [1.54, 1.807) is 45.2 Å². The molecule has 0 radical (unpaired) electrons. The van der Waals surface area contributed by atoms with Crippen molar-refractivity contribution in [1.82, 2.24) is 4.98 Å². The molecule has 0 aliphatic carbocycles. The Morgan fingerprint density at radius 2 is 1.76 bits per heavy atom. The molecule has 2 aromatic rings. The molecule has 1 heterocycles. The number of ether oxygens (including phenoxy) is 1. The minimum absolute atomic E-state index is 0.264. The van der Waals surface area contributed by atoms with Crippen LogP contribution in [-0.4, -0.2) is 25.3 Å². The highest BCUT2D eigenvalue weighted by atomic mass is 35.5. The maximum atomic E-state index is 13.3. The van der Waals surface area contributed by atoms with Gasteiger partial charge in [-0.15, -0.1) is 0 Å². The molecule has 1 unspecified atom stereocenters. The molecule has 1 aromatic heterocycles. The van der Waals surface area contributed by atoms with E-state index in [2.05, 4.69) is 10.3 Å². The van der Waals surface area contributed by atoms with Crippen molar-refractivity contribution in [3.05, 3.63) is 53.2 Å². The van der Waals surface area contributed by atoms with E-state index in [0.717, 1.165) is 5.56 Å². The molecule has 0 fully saturated rings. The quantitative estimate of drug-likeness (QED) is 0.605. The highest BCUT2D eigenvalue weighted by Gasteiger charge is 2.37. The molecule has 0 bridgehead atoms. The fraction of sp³-hybridized carbons (Fsp3) is 0.353. The number of aromatic nitrogens is 1. The third kappa shape index (κ3) is 5.19.